The Morgan fingerprint density at radius 3 is 2.67 bits per heavy atom. The highest BCUT2D eigenvalue weighted by atomic mass is 16.5. The van der Waals surface area contributed by atoms with Gasteiger partial charge in [-0.2, -0.15) is 10.2 Å². The van der Waals surface area contributed by atoms with Crippen molar-refractivity contribution in [2.24, 2.45) is 0 Å². The number of methoxy groups -OCH3 is 1. The topological polar surface area (TPSA) is 65.3 Å². The SMILES string of the molecule is COc1cncc(N2CCN(C(C)C#N)CC2)n1. The molecular weight excluding hydrogens is 230 g/mol. The van der Waals surface area contributed by atoms with Gasteiger partial charge in [-0.25, -0.2) is 0 Å². The molecule has 96 valence electrons. The van der Waals surface area contributed by atoms with Crippen molar-refractivity contribution < 1.29 is 4.74 Å². The Morgan fingerprint density at radius 1 is 1.33 bits per heavy atom. The number of hydrogen-bond donors (Lipinski definition) is 0. The normalized spacial score (nSPS) is 18.2. The molecule has 0 aromatic carbocycles. The fraction of sp³-hybridized carbons (Fsp3) is 0.583. The third-order valence-electron chi connectivity index (χ3n) is 3.18. The van der Waals surface area contributed by atoms with E-state index in [9.17, 15) is 0 Å². The lowest BCUT2D eigenvalue weighted by Gasteiger charge is -2.36. The summed E-state index contributed by atoms with van der Waals surface area (Å²) in [7, 11) is 1.58. The number of rotatable bonds is 3. The van der Waals surface area contributed by atoms with Gasteiger partial charge in [-0.05, 0) is 6.92 Å². The third kappa shape index (κ3) is 2.68. The van der Waals surface area contributed by atoms with Crippen molar-refractivity contribution in [3.63, 3.8) is 0 Å². The van der Waals surface area contributed by atoms with Crippen LogP contribution < -0.4 is 9.64 Å². The maximum Gasteiger partial charge on any atom is 0.233 e. The summed E-state index contributed by atoms with van der Waals surface area (Å²) < 4.78 is 5.07. The molecule has 1 saturated heterocycles. The summed E-state index contributed by atoms with van der Waals surface area (Å²) in [6, 6.07) is 2.24. The first-order chi connectivity index (χ1) is 8.74. The van der Waals surface area contributed by atoms with Gasteiger partial charge >= 0.3 is 0 Å². The van der Waals surface area contributed by atoms with E-state index in [1.165, 1.54) is 0 Å². The summed E-state index contributed by atoms with van der Waals surface area (Å²) in [5, 5.41) is 8.89. The molecule has 1 aromatic rings. The van der Waals surface area contributed by atoms with Gasteiger partial charge in [0, 0.05) is 26.2 Å². The molecule has 0 N–H and O–H groups in total. The van der Waals surface area contributed by atoms with Crippen LogP contribution in [-0.4, -0.2) is 54.2 Å². The van der Waals surface area contributed by atoms with E-state index in [0.717, 1.165) is 32.0 Å². The zero-order chi connectivity index (χ0) is 13.0. The second-order valence-corrected chi connectivity index (χ2v) is 4.25. The average Bonchev–Trinajstić information content (AvgIpc) is 2.46. The molecule has 0 amide bonds. The largest absolute Gasteiger partial charge is 0.480 e. The molecule has 0 spiro atoms. The first-order valence-electron chi connectivity index (χ1n) is 5.99. The van der Waals surface area contributed by atoms with Crippen LogP contribution in [0.15, 0.2) is 12.4 Å². The first kappa shape index (κ1) is 12.6. The molecule has 18 heavy (non-hydrogen) atoms. The molecular formula is C12H17N5O. The van der Waals surface area contributed by atoms with Crippen LogP contribution in [-0.2, 0) is 0 Å². The average molecular weight is 247 g/mol. The number of piperazine rings is 1. The van der Waals surface area contributed by atoms with Crippen molar-refractivity contribution in [3.8, 4) is 11.9 Å². The summed E-state index contributed by atoms with van der Waals surface area (Å²) >= 11 is 0. The van der Waals surface area contributed by atoms with Crippen LogP contribution in [0.4, 0.5) is 5.82 Å². The molecule has 2 rings (SSSR count). The van der Waals surface area contributed by atoms with E-state index in [-0.39, 0.29) is 6.04 Å². The Kier molecular flexibility index (Phi) is 3.95. The second-order valence-electron chi connectivity index (χ2n) is 4.25. The minimum atomic E-state index is -0.0245. The van der Waals surface area contributed by atoms with Gasteiger partial charge in [-0.3, -0.25) is 9.88 Å². The molecule has 1 aromatic heterocycles. The summed E-state index contributed by atoms with van der Waals surface area (Å²) in [5.74, 6) is 1.36. The predicted octanol–water partition coefficient (Wildman–Crippen LogP) is 0.519. The zero-order valence-corrected chi connectivity index (χ0v) is 10.7. The molecule has 6 nitrogen and oxygen atoms in total. The molecule has 0 radical (unpaired) electrons. The van der Waals surface area contributed by atoms with Gasteiger partial charge in [0.25, 0.3) is 0 Å². The van der Waals surface area contributed by atoms with E-state index in [4.69, 9.17) is 10.00 Å². The van der Waals surface area contributed by atoms with Crippen LogP contribution in [0.1, 0.15) is 6.92 Å². The highest BCUT2D eigenvalue weighted by molar-refractivity contribution is 5.38. The molecule has 6 heteroatoms. The molecule has 1 aliphatic heterocycles. The Morgan fingerprint density at radius 2 is 2.06 bits per heavy atom. The van der Waals surface area contributed by atoms with Crippen LogP contribution >= 0.6 is 0 Å². The Bertz CT molecular complexity index is 436. The third-order valence-corrected chi connectivity index (χ3v) is 3.18. The first-order valence-corrected chi connectivity index (χ1v) is 5.99. The van der Waals surface area contributed by atoms with Gasteiger partial charge in [0.05, 0.1) is 31.6 Å². The smallest absolute Gasteiger partial charge is 0.233 e. The lowest BCUT2D eigenvalue weighted by atomic mass is 10.2. The fourth-order valence-electron chi connectivity index (χ4n) is 2.01. The maximum absolute atomic E-state index is 8.89. The van der Waals surface area contributed by atoms with E-state index >= 15 is 0 Å². The number of ether oxygens (including phenoxy) is 1. The van der Waals surface area contributed by atoms with Crippen LogP contribution in [0, 0.1) is 11.3 Å². The molecule has 0 saturated carbocycles. The van der Waals surface area contributed by atoms with Crippen molar-refractivity contribution in [2.75, 3.05) is 38.2 Å². The lowest BCUT2D eigenvalue weighted by Crippen LogP contribution is -2.49. The summed E-state index contributed by atoms with van der Waals surface area (Å²) in [4.78, 5) is 12.8. The monoisotopic (exact) mass is 247 g/mol. The molecule has 2 heterocycles. The fourth-order valence-corrected chi connectivity index (χ4v) is 2.01. The minimum Gasteiger partial charge on any atom is -0.480 e. The highest BCUT2D eigenvalue weighted by Gasteiger charge is 2.21. The van der Waals surface area contributed by atoms with Gasteiger partial charge in [-0.1, -0.05) is 0 Å². The molecule has 1 atom stereocenters. The van der Waals surface area contributed by atoms with Crippen LogP contribution in [0.2, 0.25) is 0 Å². The molecule has 1 aliphatic rings. The number of aromatic nitrogens is 2. The standard InChI is InChI=1S/C12H17N5O/c1-10(7-13)16-3-5-17(6-4-16)11-8-14-9-12(15-11)18-2/h8-10H,3-6H2,1-2H3. The molecule has 0 bridgehead atoms. The van der Waals surface area contributed by atoms with Crippen molar-refractivity contribution in [1.82, 2.24) is 14.9 Å². The van der Waals surface area contributed by atoms with Gasteiger partial charge < -0.3 is 9.64 Å². The van der Waals surface area contributed by atoms with E-state index < -0.39 is 0 Å². The van der Waals surface area contributed by atoms with Crippen molar-refractivity contribution >= 4 is 5.82 Å². The summed E-state index contributed by atoms with van der Waals surface area (Å²) in [5.41, 5.74) is 0. The van der Waals surface area contributed by atoms with E-state index in [1.807, 2.05) is 6.92 Å². The maximum atomic E-state index is 8.89. The molecule has 0 aliphatic carbocycles. The van der Waals surface area contributed by atoms with E-state index in [0.29, 0.717) is 5.88 Å². The Balaban J connectivity index is 1.99. The summed E-state index contributed by atoms with van der Waals surface area (Å²) in [6.45, 7) is 5.38. The number of anilines is 1. The predicted molar refractivity (Wildman–Crippen MR) is 67.4 cm³/mol. The molecule has 1 unspecified atom stereocenters. The number of hydrogen-bond acceptors (Lipinski definition) is 6. The highest BCUT2D eigenvalue weighted by Crippen LogP contribution is 2.16. The molecule has 1 fully saturated rings. The second kappa shape index (κ2) is 5.65. The van der Waals surface area contributed by atoms with Gasteiger partial charge in [0.15, 0.2) is 5.82 Å². The van der Waals surface area contributed by atoms with Gasteiger partial charge in [0.2, 0.25) is 5.88 Å². The van der Waals surface area contributed by atoms with Gasteiger partial charge in [-0.15, -0.1) is 0 Å². The van der Waals surface area contributed by atoms with Gasteiger partial charge in [0.1, 0.15) is 0 Å². The number of nitriles is 1. The van der Waals surface area contributed by atoms with Crippen LogP contribution in [0.5, 0.6) is 5.88 Å². The number of nitrogens with zero attached hydrogens (tertiary/aromatic N) is 5. The Hall–Kier alpha value is -1.87. The summed E-state index contributed by atoms with van der Waals surface area (Å²) in [6.07, 6.45) is 3.34. The zero-order valence-electron chi connectivity index (χ0n) is 10.7. The lowest BCUT2D eigenvalue weighted by molar-refractivity contribution is 0.231. The van der Waals surface area contributed by atoms with Crippen molar-refractivity contribution in [3.05, 3.63) is 12.4 Å². The minimum absolute atomic E-state index is 0.0245. The quantitative estimate of drug-likeness (QED) is 0.776. The van der Waals surface area contributed by atoms with E-state index in [2.05, 4.69) is 25.8 Å². The van der Waals surface area contributed by atoms with E-state index in [1.54, 1.807) is 19.5 Å². The van der Waals surface area contributed by atoms with Crippen LogP contribution in [0.25, 0.3) is 0 Å². The van der Waals surface area contributed by atoms with Crippen molar-refractivity contribution in [2.45, 2.75) is 13.0 Å². The van der Waals surface area contributed by atoms with Crippen LogP contribution in [0.3, 0.4) is 0 Å². The van der Waals surface area contributed by atoms with Crippen molar-refractivity contribution in [1.29, 1.82) is 5.26 Å². The Labute approximate surface area is 107 Å².